The normalized spacial score (nSPS) is 15.9. The molecule has 15 aromatic carbocycles. The Kier molecular flexibility index (Phi) is 17.4. The van der Waals surface area contributed by atoms with Crippen molar-refractivity contribution in [3.8, 4) is 67.0 Å². The summed E-state index contributed by atoms with van der Waals surface area (Å²) in [7, 11) is 0. The third-order valence-electron chi connectivity index (χ3n) is 20.8. The van der Waals surface area contributed by atoms with Crippen molar-refractivity contribution in [2.24, 2.45) is 0 Å². The molecule has 0 radical (unpaired) electrons. The van der Waals surface area contributed by atoms with E-state index in [1.54, 1.807) is 89.0 Å². The van der Waals surface area contributed by atoms with Crippen molar-refractivity contribution in [2.75, 3.05) is 19.6 Å². The van der Waals surface area contributed by atoms with Crippen molar-refractivity contribution < 1.29 is 72.3 Å². The van der Waals surface area contributed by atoms with Gasteiger partial charge in [-0.05, 0) is 74.3 Å². The number of nitrogens with zero attached hydrogens (tertiary/aromatic N) is 6. The third-order valence-corrected chi connectivity index (χ3v) is 41.1. The third kappa shape index (κ3) is 15.4. The maximum atomic E-state index is 8.91. The average molecular weight is 2020 g/mol. The van der Waals surface area contributed by atoms with Gasteiger partial charge in [0.25, 0.3) is 0 Å². The van der Waals surface area contributed by atoms with Crippen molar-refractivity contribution in [2.45, 2.75) is 27.6 Å². The molecule has 0 bridgehead atoms. The number of hydrogen-bond acceptors (Lipinski definition) is 6. The SMILES string of the molecule is [2H]c1c([2H])c(-c2cccc(-c3c([2H])c([2H])c(C([2H])([2H])[2H])c([2H])c3[2H])c2N2C=CN(c3[c-]cccc3)[CH-]2)c([2H])c([2H])c1C.[2H]c1c([2H])c(-c2cccc(-c3c([2H])c([2H])c(C([2H])([2H])[2H])c([2H])c3[2H])c2N2[CH-]N(c3[c-]cccc3)c3ccccc32)c([2H])c([2H])c1C.[Pt].[Pt].[c-]1ccc[c]2c1-c1nccc[c]1[Ge]2([c]1ccccc1)[c]1ccccc1.[c-]1ccc[c]2c1-c1nccc[c]1[Ge]2([c]1ccccc1)[c]1ccccc1. The van der Waals surface area contributed by atoms with Crippen LogP contribution < -0.4 is 54.8 Å². The maximum absolute atomic E-state index is 8.91. The Morgan fingerprint density at radius 1 is 0.305 bits per heavy atom. The quantitative estimate of drug-likeness (QED) is 0.0897. The first-order chi connectivity index (χ1) is 66.3. The van der Waals surface area contributed by atoms with Crippen LogP contribution in [0.15, 0.2) is 413 Å². The zero-order valence-corrected chi connectivity index (χ0v) is 72.2. The van der Waals surface area contributed by atoms with E-state index in [-0.39, 0.29) is 157 Å². The van der Waals surface area contributed by atoms with Gasteiger partial charge in [0.1, 0.15) is 0 Å². The van der Waals surface area contributed by atoms with Crippen molar-refractivity contribution in [3.63, 3.8) is 0 Å². The van der Waals surface area contributed by atoms with Gasteiger partial charge in [0.2, 0.25) is 0 Å². The van der Waals surface area contributed by atoms with E-state index in [1.807, 2.05) is 90.1 Å². The van der Waals surface area contributed by atoms with Crippen molar-refractivity contribution in [1.82, 2.24) is 9.97 Å². The number of fused-ring (bicyclic) bond motifs is 7. The van der Waals surface area contributed by atoms with Crippen LogP contribution in [0.4, 0.5) is 34.1 Å². The summed E-state index contributed by atoms with van der Waals surface area (Å²) in [4.78, 5) is 16.5. The minimum absolute atomic E-state index is 0. The molecule has 0 saturated carbocycles. The van der Waals surface area contributed by atoms with Crippen molar-refractivity contribution >= 4 is 95.8 Å². The van der Waals surface area contributed by atoms with Crippen LogP contribution in [0, 0.1) is 65.2 Å². The number of anilines is 6. The first-order valence-corrected chi connectivity index (χ1v) is 46.1. The van der Waals surface area contributed by atoms with Crippen LogP contribution in [0.1, 0.15) is 52.4 Å². The molecule has 0 saturated heterocycles. The summed E-state index contributed by atoms with van der Waals surface area (Å²) in [5.41, 5.74) is 7.40. The second kappa shape index (κ2) is 35.8. The molecule has 2 aromatic heterocycles. The molecule has 0 atom stereocenters. The van der Waals surface area contributed by atoms with E-state index < -0.39 is 99.7 Å². The van der Waals surface area contributed by atoms with Crippen LogP contribution >= 0.6 is 0 Å². The fraction of sp³-hybridized carbons (Fsp3) is 0.0370. The molecule has 4 aliphatic rings. The topological polar surface area (TPSA) is 38.7 Å². The Hall–Kier alpha value is -12.0. The fourth-order valence-electron chi connectivity index (χ4n) is 15.9. The number of benzene rings is 15. The van der Waals surface area contributed by atoms with Crippen molar-refractivity contribution in [3.05, 3.63) is 473 Å². The van der Waals surface area contributed by atoms with Crippen LogP contribution in [0.2, 0.25) is 0 Å². The number of para-hydroxylation sites is 6. The molecule has 0 aliphatic carbocycles. The molecule has 0 unspecified atom stereocenters. The summed E-state index contributed by atoms with van der Waals surface area (Å²) < 4.78 is 197. The molecule has 578 valence electrons. The van der Waals surface area contributed by atoms with Gasteiger partial charge in [-0.1, -0.05) is 167 Å². The Bertz CT molecular complexity index is 7190. The van der Waals surface area contributed by atoms with E-state index in [2.05, 4.69) is 194 Å². The molecule has 6 heterocycles. The Labute approximate surface area is 759 Å². The standard InChI is InChI=1S/C33H26N2.C29H24N2.2C23H16GeN.2Pt/c1-24-15-19-26(20-16-24)29-11-8-12-30(27-21-17-25(2)18-22-27)33(29)35-23-34(28-9-4-3-5-10-28)31-13-6-7-14-32(31)35;1-22-11-15-24(16-12-22)27-9-6-10-28(25-17-13-23(2)14-18-25)29(27)31-20-19-30(21-31)26-7-4-3-5-8-26;2*1-3-10-18(11-4-1)24(19-12-5-2-6-13-19)21-15-8-7-14-20(21)23-22(24)16-9-17-25-23;;/h3-9,11-23H,1-2H3;3-7,9-21H,1-2H3;2*1-13,15-17H;;/q2*-2;2*-1;;/i1D3,15D,16D,17D,18D,19D,20D,21D,22D;1D3,11D,12D,13D,14D,15D,16D,17D,18D;;;;. The van der Waals surface area contributed by atoms with Gasteiger partial charge in [0.05, 0.1) is 21.9 Å². The average Bonchev–Trinajstić information content (AvgIpc) is 1.55. The first-order valence-electron chi connectivity index (χ1n) is 48.7. The van der Waals surface area contributed by atoms with E-state index in [9.17, 15) is 0 Å². The van der Waals surface area contributed by atoms with Gasteiger partial charge in [-0.3, -0.25) is 0 Å². The van der Waals surface area contributed by atoms with E-state index in [4.69, 9.17) is 40.1 Å². The van der Waals surface area contributed by atoms with Crippen LogP contribution in [-0.2, 0) is 42.1 Å². The molecule has 118 heavy (non-hydrogen) atoms. The van der Waals surface area contributed by atoms with E-state index in [0.717, 1.165) is 17.1 Å². The molecule has 4 aliphatic heterocycles. The predicted molar refractivity (Wildman–Crippen MR) is 489 cm³/mol. The summed E-state index contributed by atoms with van der Waals surface area (Å²) in [5, 5.41) is 0. The van der Waals surface area contributed by atoms with Gasteiger partial charge >= 0.3 is 301 Å². The second-order valence-corrected chi connectivity index (χ2v) is 43.3. The molecular weight excluding hydrogens is 1920 g/mol. The first kappa shape index (κ1) is 57.2. The molecule has 6 nitrogen and oxygen atoms in total. The van der Waals surface area contributed by atoms with Gasteiger partial charge in [-0.25, -0.2) is 0 Å². The Morgan fingerprint density at radius 2 is 0.653 bits per heavy atom. The molecule has 0 N–H and O–H groups in total. The monoisotopic (exact) mass is 2020 g/mol. The number of pyridine rings is 2. The molecule has 10 heteroatoms. The predicted octanol–water partition coefficient (Wildman–Crippen LogP) is 20.7. The Morgan fingerprint density at radius 3 is 1.05 bits per heavy atom. The Balaban J connectivity index is 0.000000138. The summed E-state index contributed by atoms with van der Waals surface area (Å²) in [6, 6.07) is 103. The number of aromatic nitrogens is 2. The van der Waals surface area contributed by atoms with Crippen LogP contribution in [0.5, 0.6) is 0 Å². The zero-order chi connectivity index (χ0) is 97.3. The summed E-state index contributed by atoms with van der Waals surface area (Å²) in [6.07, 6.45) is 7.19. The van der Waals surface area contributed by atoms with Crippen LogP contribution in [0.25, 0.3) is 67.0 Å². The minimum atomic E-state index is -3.01. The van der Waals surface area contributed by atoms with Gasteiger partial charge in [0.15, 0.2) is 0 Å². The molecule has 0 spiro atoms. The zero-order valence-electron chi connectivity index (χ0n) is 85.5. The van der Waals surface area contributed by atoms with Gasteiger partial charge < -0.3 is 19.6 Å². The molecule has 17 aromatic rings. The summed E-state index contributed by atoms with van der Waals surface area (Å²) in [6.45, 7) is 0.664. The summed E-state index contributed by atoms with van der Waals surface area (Å²) >= 11 is -6.02. The summed E-state index contributed by atoms with van der Waals surface area (Å²) in [5.74, 6) is 0. The van der Waals surface area contributed by atoms with E-state index in [1.165, 1.54) is 60.1 Å². The van der Waals surface area contributed by atoms with Crippen LogP contribution in [-0.4, -0.2) is 36.5 Å². The van der Waals surface area contributed by atoms with E-state index in [0.29, 0.717) is 17.1 Å². The van der Waals surface area contributed by atoms with Gasteiger partial charge in [-0.2, -0.15) is 60.7 Å². The van der Waals surface area contributed by atoms with Crippen LogP contribution in [0.3, 0.4) is 0 Å². The fourth-order valence-corrected chi connectivity index (χ4v) is 37.1. The number of rotatable bonds is 12. The second-order valence-electron chi connectivity index (χ2n) is 27.7. The molecule has 0 amide bonds. The van der Waals surface area contributed by atoms with Crippen molar-refractivity contribution in [1.29, 1.82) is 0 Å². The van der Waals surface area contributed by atoms with E-state index >= 15 is 0 Å². The molecular formula is C108H82Ge2N6Pt2-6. The van der Waals surface area contributed by atoms with Gasteiger partial charge in [0, 0.05) is 95.4 Å². The molecule has 0 fully saturated rings. The van der Waals surface area contributed by atoms with Gasteiger partial charge in [-0.15, -0.1) is 24.7 Å². The molecule has 21 rings (SSSR count). The number of hydrogen-bond donors (Lipinski definition) is 0.